The van der Waals surface area contributed by atoms with Gasteiger partial charge in [-0.3, -0.25) is 9.67 Å². The van der Waals surface area contributed by atoms with Crippen LogP contribution < -0.4 is 14.4 Å². The molecule has 2 fully saturated rings. The van der Waals surface area contributed by atoms with Crippen molar-refractivity contribution in [3.63, 3.8) is 0 Å². The van der Waals surface area contributed by atoms with Crippen LogP contribution in [-0.4, -0.2) is 54.3 Å². The summed E-state index contributed by atoms with van der Waals surface area (Å²) in [6.07, 6.45) is 8.35. The van der Waals surface area contributed by atoms with E-state index in [1.165, 1.54) is 0 Å². The summed E-state index contributed by atoms with van der Waals surface area (Å²) >= 11 is 0. The lowest BCUT2D eigenvalue weighted by atomic mass is 9.99. The highest BCUT2D eigenvalue weighted by Gasteiger charge is 2.25. The Morgan fingerprint density at radius 3 is 2.56 bits per heavy atom. The van der Waals surface area contributed by atoms with E-state index < -0.39 is 6.61 Å². The molecule has 1 saturated heterocycles. The topological polar surface area (TPSA) is 61.6 Å². The first-order valence-electron chi connectivity index (χ1n) is 11.6. The van der Waals surface area contributed by atoms with Gasteiger partial charge in [-0.25, -0.2) is 0 Å². The number of ether oxygens (including phenoxy) is 3. The predicted octanol–water partition coefficient (Wildman–Crippen LogP) is 4.34. The highest BCUT2D eigenvalue weighted by Crippen LogP contribution is 2.36. The predicted molar refractivity (Wildman–Crippen MR) is 123 cm³/mol. The number of anilines is 1. The maximum absolute atomic E-state index is 13.0. The quantitative estimate of drug-likeness (QED) is 0.439. The maximum atomic E-state index is 13.0. The van der Waals surface area contributed by atoms with Gasteiger partial charge in [0.2, 0.25) is 0 Å². The molecule has 180 valence electrons. The SMILES string of the molecule is FC(F)Oc1ccc(C(Cc2ccncc2)n2ccc(N3CCOCC3)n2)cc1OCC1CC1. The Balaban J connectivity index is 1.46. The lowest BCUT2D eigenvalue weighted by Gasteiger charge is -2.27. The van der Waals surface area contributed by atoms with Crippen LogP contribution in [0, 0.1) is 5.92 Å². The van der Waals surface area contributed by atoms with Crippen LogP contribution in [0.1, 0.15) is 30.0 Å². The normalized spacial score (nSPS) is 17.1. The molecule has 5 rings (SSSR count). The monoisotopic (exact) mass is 470 g/mol. The van der Waals surface area contributed by atoms with Crippen molar-refractivity contribution in [3.8, 4) is 11.5 Å². The van der Waals surface area contributed by atoms with Gasteiger partial charge in [0.1, 0.15) is 0 Å². The van der Waals surface area contributed by atoms with E-state index in [4.69, 9.17) is 19.3 Å². The number of pyridine rings is 1. The minimum Gasteiger partial charge on any atom is -0.489 e. The summed E-state index contributed by atoms with van der Waals surface area (Å²) < 4.78 is 44.0. The van der Waals surface area contributed by atoms with Crippen molar-refractivity contribution in [1.82, 2.24) is 14.8 Å². The summed E-state index contributed by atoms with van der Waals surface area (Å²) in [6, 6.07) is 11.0. The van der Waals surface area contributed by atoms with Crippen LogP contribution in [0.5, 0.6) is 11.5 Å². The average molecular weight is 471 g/mol. The summed E-state index contributed by atoms with van der Waals surface area (Å²) in [5.41, 5.74) is 2.00. The third-order valence-corrected chi connectivity index (χ3v) is 6.17. The number of rotatable bonds is 10. The Labute approximate surface area is 197 Å². The Bertz CT molecular complexity index is 1070. The fourth-order valence-corrected chi connectivity index (χ4v) is 4.10. The molecule has 0 amide bonds. The zero-order valence-electron chi connectivity index (χ0n) is 18.9. The van der Waals surface area contributed by atoms with Crippen LogP contribution in [0.25, 0.3) is 0 Å². The summed E-state index contributed by atoms with van der Waals surface area (Å²) in [5.74, 6) is 1.77. The molecule has 1 unspecified atom stereocenters. The minimum absolute atomic E-state index is 0.0523. The minimum atomic E-state index is -2.91. The van der Waals surface area contributed by atoms with Crippen LogP contribution in [-0.2, 0) is 11.2 Å². The van der Waals surface area contributed by atoms with E-state index in [1.54, 1.807) is 18.5 Å². The highest BCUT2D eigenvalue weighted by molar-refractivity contribution is 5.45. The molecular weight excluding hydrogens is 442 g/mol. The number of benzene rings is 1. The molecule has 34 heavy (non-hydrogen) atoms. The Hall–Kier alpha value is -3.20. The van der Waals surface area contributed by atoms with Crippen molar-refractivity contribution in [2.75, 3.05) is 37.8 Å². The molecule has 0 spiro atoms. The van der Waals surface area contributed by atoms with Gasteiger partial charge in [0, 0.05) is 37.7 Å². The molecule has 0 N–H and O–H groups in total. The van der Waals surface area contributed by atoms with Crippen molar-refractivity contribution >= 4 is 5.82 Å². The Morgan fingerprint density at radius 1 is 1.03 bits per heavy atom. The number of alkyl halides is 2. The van der Waals surface area contributed by atoms with Gasteiger partial charge < -0.3 is 19.1 Å². The molecule has 0 radical (unpaired) electrons. The molecule has 1 aliphatic carbocycles. The number of morpholine rings is 1. The number of hydrogen-bond acceptors (Lipinski definition) is 6. The molecule has 3 aromatic rings. The number of aromatic nitrogens is 3. The zero-order chi connectivity index (χ0) is 23.3. The van der Waals surface area contributed by atoms with E-state index in [1.807, 2.05) is 41.2 Å². The van der Waals surface area contributed by atoms with Crippen LogP contribution in [0.4, 0.5) is 14.6 Å². The van der Waals surface area contributed by atoms with E-state index in [-0.39, 0.29) is 11.8 Å². The molecule has 1 aliphatic heterocycles. The van der Waals surface area contributed by atoms with Crippen LogP contribution in [0.2, 0.25) is 0 Å². The molecular formula is C25H28F2N4O3. The van der Waals surface area contributed by atoms with Gasteiger partial charge in [-0.05, 0) is 60.6 Å². The summed E-state index contributed by atoms with van der Waals surface area (Å²) in [7, 11) is 0. The van der Waals surface area contributed by atoms with Gasteiger partial charge in [0.15, 0.2) is 17.3 Å². The Kier molecular flexibility index (Phi) is 6.89. The van der Waals surface area contributed by atoms with Gasteiger partial charge in [-0.15, -0.1) is 0 Å². The van der Waals surface area contributed by atoms with Crippen molar-refractivity contribution in [3.05, 3.63) is 66.1 Å². The number of halogens is 2. The fourth-order valence-electron chi connectivity index (χ4n) is 4.10. The molecule has 7 nitrogen and oxygen atoms in total. The summed E-state index contributed by atoms with van der Waals surface area (Å²) in [4.78, 5) is 6.32. The summed E-state index contributed by atoms with van der Waals surface area (Å²) in [5, 5.41) is 4.87. The second-order valence-corrected chi connectivity index (χ2v) is 8.67. The maximum Gasteiger partial charge on any atom is 0.387 e. The van der Waals surface area contributed by atoms with Crippen LogP contribution in [0.3, 0.4) is 0 Å². The van der Waals surface area contributed by atoms with E-state index >= 15 is 0 Å². The van der Waals surface area contributed by atoms with Gasteiger partial charge in [-0.2, -0.15) is 13.9 Å². The molecule has 1 aromatic carbocycles. The van der Waals surface area contributed by atoms with Gasteiger partial charge in [0.25, 0.3) is 0 Å². The highest BCUT2D eigenvalue weighted by atomic mass is 19.3. The van der Waals surface area contributed by atoms with E-state index in [2.05, 4.69) is 9.88 Å². The second kappa shape index (κ2) is 10.4. The zero-order valence-corrected chi connectivity index (χ0v) is 18.9. The molecule has 9 heteroatoms. The first kappa shape index (κ1) is 22.6. The molecule has 0 bridgehead atoms. The average Bonchev–Trinajstić information content (AvgIpc) is 3.56. The molecule has 3 heterocycles. The molecule has 1 atom stereocenters. The van der Waals surface area contributed by atoms with Gasteiger partial charge in [0.05, 0.1) is 25.9 Å². The van der Waals surface area contributed by atoms with Crippen LogP contribution >= 0.6 is 0 Å². The number of hydrogen-bond donors (Lipinski definition) is 0. The lowest BCUT2D eigenvalue weighted by molar-refractivity contribution is -0.0515. The fraction of sp³-hybridized carbons (Fsp3) is 0.440. The number of nitrogens with zero attached hydrogens (tertiary/aromatic N) is 4. The first-order chi connectivity index (χ1) is 16.7. The smallest absolute Gasteiger partial charge is 0.387 e. The third kappa shape index (κ3) is 5.64. The van der Waals surface area contributed by atoms with E-state index in [0.717, 1.165) is 42.9 Å². The lowest BCUT2D eigenvalue weighted by Crippen LogP contribution is -2.36. The van der Waals surface area contributed by atoms with Gasteiger partial charge >= 0.3 is 6.61 Å². The van der Waals surface area contributed by atoms with E-state index in [9.17, 15) is 8.78 Å². The summed E-state index contributed by atoms with van der Waals surface area (Å²) in [6.45, 7) is 0.543. The third-order valence-electron chi connectivity index (χ3n) is 6.17. The molecule has 2 aliphatic rings. The largest absolute Gasteiger partial charge is 0.489 e. The van der Waals surface area contributed by atoms with Crippen LogP contribution in [0.15, 0.2) is 55.0 Å². The van der Waals surface area contributed by atoms with Crippen molar-refractivity contribution in [1.29, 1.82) is 0 Å². The molecule has 2 aromatic heterocycles. The Morgan fingerprint density at radius 2 is 1.82 bits per heavy atom. The molecule has 1 saturated carbocycles. The van der Waals surface area contributed by atoms with Crippen molar-refractivity contribution in [2.24, 2.45) is 5.92 Å². The van der Waals surface area contributed by atoms with Gasteiger partial charge in [-0.1, -0.05) is 6.07 Å². The van der Waals surface area contributed by atoms with E-state index in [0.29, 0.717) is 37.9 Å². The first-order valence-corrected chi connectivity index (χ1v) is 11.6. The van der Waals surface area contributed by atoms with Crippen molar-refractivity contribution < 1.29 is 23.0 Å². The second-order valence-electron chi connectivity index (χ2n) is 8.67. The standard InChI is InChI=1S/C25H28F2N4O3/c26-25(27)34-22-4-3-20(16-23(22)33-17-19-1-2-19)21(15-18-5-8-28-9-6-18)31-10-7-24(29-31)30-11-13-32-14-12-30/h3-10,16,19,21,25H,1-2,11-15,17H2. The van der Waals surface area contributed by atoms with Crippen molar-refractivity contribution in [2.45, 2.75) is 31.9 Å².